The van der Waals surface area contributed by atoms with Gasteiger partial charge in [-0.25, -0.2) is 8.42 Å². The number of rotatable bonds is 7. The summed E-state index contributed by atoms with van der Waals surface area (Å²) in [5.41, 5.74) is 0. The summed E-state index contributed by atoms with van der Waals surface area (Å²) in [6.07, 6.45) is 1.36. The van der Waals surface area contributed by atoms with E-state index in [-0.39, 0.29) is 12.0 Å². The highest BCUT2D eigenvalue weighted by atomic mass is 32.2. The van der Waals surface area contributed by atoms with E-state index >= 15 is 0 Å². The highest BCUT2D eigenvalue weighted by molar-refractivity contribution is 7.91. The van der Waals surface area contributed by atoms with E-state index in [1.54, 1.807) is 0 Å². The summed E-state index contributed by atoms with van der Waals surface area (Å²) in [4.78, 5) is 2.19. The minimum Gasteiger partial charge on any atom is -0.353 e. The van der Waals surface area contributed by atoms with Crippen LogP contribution in [-0.2, 0) is 19.3 Å². The van der Waals surface area contributed by atoms with Gasteiger partial charge < -0.3 is 14.4 Å². The molecule has 0 saturated carbocycles. The van der Waals surface area contributed by atoms with Crippen molar-refractivity contribution < 1.29 is 17.9 Å². The lowest BCUT2D eigenvalue weighted by Crippen LogP contribution is -2.31. The van der Waals surface area contributed by atoms with Crippen LogP contribution in [0.1, 0.15) is 26.7 Å². The van der Waals surface area contributed by atoms with E-state index in [9.17, 15) is 8.42 Å². The summed E-state index contributed by atoms with van der Waals surface area (Å²) >= 11 is 0. The molecule has 5 nitrogen and oxygen atoms in total. The normalized spacial score (nSPS) is 21.1. The van der Waals surface area contributed by atoms with Gasteiger partial charge in [-0.2, -0.15) is 0 Å². The second kappa shape index (κ2) is 8.09. The van der Waals surface area contributed by atoms with Crippen molar-refractivity contribution in [1.82, 2.24) is 4.90 Å². The van der Waals surface area contributed by atoms with E-state index in [1.165, 1.54) is 0 Å². The Morgan fingerprint density at radius 3 is 2.39 bits per heavy atom. The maximum atomic E-state index is 11.5. The summed E-state index contributed by atoms with van der Waals surface area (Å²) in [6, 6.07) is 0. The van der Waals surface area contributed by atoms with Gasteiger partial charge in [-0.3, -0.25) is 0 Å². The molecule has 6 heteroatoms. The van der Waals surface area contributed by atoms with E-state index in [0.29, 0.717) is 25.5 Å². The van der Waals surface area contributed by atoms with E-state index in [4.69, 9.17) is 9.47 Å². The van der Waals surface area contributed by atoms with E-state index in [1.807, 2.05) is 13.8 Å². The van der Waals surface area contributed by atoms with Crippen LogP contribution in [0.2, 0.25) is 0 Å². The fourth-order valence-corrected chi connectivity index (χ4v) is 3.40. The monoisotopic (exact) mass is 279 g/mol. The Morgan fingerprint density at radius 1 is 1.11 bits per heavy atom. The van der Waals surface area contributed by atoms with Gasteiger partial charge in [-0.1, -0.05) is 0 Å². The van der Waals surface area contributed by atoms with Crippen molar-refractivity contribution in [2.75, 3.05) is 44.4 Å². The number of hydrogen-bond donors (Lipinski definition) is 0. The Morgan fingerprint density at radius 2 is 1.78 bits per heavy atom. The zero-order valence-electron chi connectivity index (χ0n) is 11.4. The maximum Gasteiger partial charge on any atom is 0.158 e. The van der Waals surface area contributed by atoms with E-state index in [2.05, 4.69) is 4.90 Å². The Kier molecular flexibility index (Phi) is 7.14. The lowest BCUT2D eigenvalue weighted by atomic mass is 10.3. The molecular weight excluding hydrogens is 254 g/mol. The van der Waals surface area contributed by atoms with Crippen LogP contribution in [0.3, 0.4) is 0 Å². The molecule has 1 fully saturated rings. The van der Waals surface area contributed by atoms with E-state index < -0.39 is 9.84 Å². The average molecular weight is 279 g/mol. The largest absolute Gasteiger partial charge is 0.353 e. The molecule has 1 heterocycles. The van der Waals surface area contributed by atoms with Crippen LogP contribution in [-0.4, -0.2) is 64.0 Å². The molecule has 0 radical (unpaired) electrons. The van der Waals surface area contributed by atoms with Crippen molar-refractivity contribution in [3.63, 3.8) is 0 Å². The first-order valence-electron chi connectivity index (χ1n) is 6.73. The first-order chi connectivity index (χ1) is 8.57. The van der Waals surface area contributed by atoms with Crippen molar-refractivity contribution in [1.29, 1.82) is 0 Å². The minimum absolute atomic E-state index is 0.167. The van der Waals surface area contributed by atoms with Crippen molar-refractivity contribution in [3.05, 3.63) is 0 Å². The van der Waals surface area contributed by atoms with E-state index in [0.717, 1.165) is 25.9 Å². The molecule has 0 atom stereocenters. The third kappa shape index (κ3) is 6.13. The number of sulfone groups is 1. The smallest absolute Gasteiger partial charge is 0.158 e. The molecular formula is C12H25NO4S. The van der Waals surface area contributed by atoms with Crippen LogP contribution in [0.25, 0.3) is 0 Å². The van der Waals surface area contributed by atoms with Gasteiger partial charge in [0.25, 0.3) is 0 Å². The molecule has 1 saturated heterocycles. The molecule has 0 aromatic rings. The highest BCUT2D eigenvalue weighted by Crippen LogP contribution is 2.08. The Bertz CT molecular complexity index is 312. The summed E-state index contributed by atoms with van der Waals surface area (Å²) in [6.45, 7) is 7.49. The second-order valence-corrected chi connectivity index (χ2v) is 6.78. The second-order valence-electron chi connectivity index (χ2n) is 4.48. The Balaban J connectivity index is 2.33. The van der Waals surface area contributed by atoms with Gasteiger partial charge in [0.15, 0.2) is 16.1 Å². The average Bonchev–Trinajstić information content (AvgIpc) is 2.48. The van der Waals surface area contributed by atoms with Crippen molar-refractivity contribution >= 4 is 9.84 Å². The van der Waals surface area contributed by atoms with Gasteiger partial charge in [-0.15, -0.1) is 0 Å². The lowest BCUT2D eigenvalue weighted by Gasteiger charge is -2.23. The number of nitrogens with zero attached hydrogens (tertiary/aromatic N) is 1. The summed E-state index contributed by atoms with van der Waals surface area (Å²) in [5, 5.41) is 0. The summed E-state index contributed by atoms with van der Waals surface area (Å²) in [5.74, 6) is 0.602. The quantitative estimate of drug-likeness (QED) is 0.648. The van der Waals surface area contributed by atoms with Crippen LogP contribution in [0.4, 0.5) is 0 Å². The van der Waals surface area contributed by atoms with Gasteiger partial charge in [0.2, 0.25) is 0 Å². The molecule has 1 rings (SSSR count). The molecule has 0 N–H and O–H groups in total. The van der Waals surface area contributed by atoms with Crippen molar-refractivity contribution in [2.24, 2.45) is 0 Å². The Labute approximate surface area is 110 Å². The fourth-order valence-electron chi connectivity index (χ4n) is 2.09. The SMILES string of the molecule is CCOC(CCN1CCCS(=O)(=O)CC1)OCC. The molecule has 0 spiro atoms. The summed E-state index contributed by atoms with van der Waals surface area (Å²) in [7, 11) is -2.82. The molecule has 0 aromatic heterocycles. The lowest BCUT2D eigenvalue weighted by molar-refractivity contribution is -0.141. The van der Waals surface area contributed by atoms with Crippen LogP contribution < -0.4 is 0 Å². The van der Waals surface area contributed by atoms with Gasteiger partial charge in [0.05, 0.1) is 11.5 Å². The number of ether oxygens (including phenoxy) is 2. The maximum absolute atomic E-state index is 11.5. The fraction of sp³-hybridized carbons (Fsp3) is 1.00. The van der Waals surface area contributed by atoms with Crippen molar-refractivity contribution in [3.8, 4) is 0 Å². The molecule has 108 valence electrons. The summed E-state index contributed by atoms with van der Waals surface area (Å²) < 4.78 is 33.9. The Hall–Kier alpha value is -0.170. The molecule has 18 heavy (non-hydrogen) atoms. The van der Waals surface area contributed by atoms with Gasteiger partial charge in [-0.05, 0) is 26.8 Å². The van der Waals surface area contributed by atoms with Crippen LogP contribution in [0, 0.1) is 0 Å². The molecule has 0 amide bonds. The zero-order valence-corrected chi connectivity index (χ0v) is 12.2. The van der Waals surface area contributed by atoms with Gasteiger partial charge in [0.1, 0.15) is 0 Å². The molecule has 1 aliphatic rings. The molecule has 0 aromatic carbocycles. The molecule has 1 aliphatic heterocycles. The molecule has 0 bridgehead atoms. The highest BCUT2D eigenvalue weighted by Gasteiger charge is 2.19. The first kappa shape index (κ1) is 15.9. The zero-order chi connectivity index (χ0) is 13.4. The van der Waals surface area contributed by atoms with Crippen LogP contribution in [0.15, 0.2) is 0 Å². The van der Waals surface area contributed by atoms with Gasteiger partial charge in [0, 0.05) is 32.7 Å². The minimum atomic E-state index is -2.82. The third-order valence-corrected chi connectivity index (χ3v) is 4.75. The predicted molar refractivity (Wildman–Crippen MR) is 71.4 cm³/mol. The number of hydrogen-bond acceptors (Lipinski definition) is 5. The third-order valence-electron chi connectivity index (χ3n) is 3.03. The molecule has 0 unspecified atom stereocenters. The van der Waals surface area contributed by atoms with Gasteiger partial charge >= 0.3 is 0 Å². The first-order valence-corrected chi connectivity index (χ1v) is 8.55. The topological polar surface area (TPSA) is 55.8 Å². The predicted octanol–water partition coefficient (Wildman–Crippen LogP) is 0.896. The standard InChI is InChI=1S/C12H25NO4S/c1-3-16-12(17-4-2)6-8-13-7-5-10-18(14,15)11-9-13/h12H,3-11H2,1-2H3. The molecule has 0 aliphatic carbocycles. The van der Waals surface area contributed by atoms with Crippen molar-refractivity contribution in [2.45, 2.75) is 33.0 Å². The van der Waals surface area contributed by atoms with Crippen LogP contribution >= 0.6 is 0 Å². The van der Waals surface area contributed by atoms with Crippen LogP contribution in [0.5, 0.6) is 0 Å².